The number of nitrogens with one attached hydrogen (secondary N) is 2. The van der Waals surface area contributed by atoms with Crippen molar-refractivity contribution in [3.05, 3.63) is 95.3 Å². The second kappa shape index (κ2) is 8.13. The summed E-state index contributed by atoms with van der Waals surface area (Å²) in [7, 11) is 0. The number of carboxylic acids is 1. The molecule has 0 aromatic heterocycles. The minimum absolute atomic E-state index is 0.0309. The van der Waals surface area contributed by atoms with Crippen molar-refractivity contribution < 1.29 is 23.9 Å². The molecule has 0 spiro atoms. The fourth-order valence-corrected chi connectivity index (χ4v) is 2.52. The molecule has 6 nitrogen and oxygen atoms in total. The first kappa shape index (κ1) is 18.8. The number of carbonyl (C=O) groups excluding carboxylic acids is 2. The molecule has 28 heavy (non-hydrogen) atoms. The lowest BCUT2D eigenvalue weighted by Crippen LogP contribution is -2.16. The molecule has 3 N–H and O–H groups in total. The number of carboxylic acid groups (broad SMARTS) is 1. The number of para-hydroxylation sites is 1. The average molecular weight is 378 g/mol. The zero-order chi connectivity index (χ0) is 20.1. The summed E-state index contributed by atoms with van der Waals surface area (Å²) in [6.07, 6.45) is 0. The van der Waals surface area contributed by atoms with Gasteiger partial charge in [0, 0.05) is 16.8 Å². The van der Waals surface area contributed by atoms with Crippen LogP contribution in [0.25, 0.3) is 0 Å². The van der Waals surface area contributed by atoms with E-state index in [1.165, 1.54) is 48.5 Å². The summed E-state index contributed by atoms with van der Waals surface area (Å²) >= 11 is 0. The van der Waals surface area contributed by atoms with Crippen LogP contribution in [0, 0.1) is 5.82 Å². The van der Waals surface area contributed by atoms with Gasteiger partial charge in [-0.3, -0.25) is 9.59 Å². The maximum atomic E-state index is 13.0. The van der Waals surface area contributed by atoms with Crippen molar-refractivity contribution >= 4 is 29.2 Å². The van der Waals surface area contributed by atoms with Crippen LogP contribution in [0.1, 0.15) is 31.1 Å². The molecule has 0 heterocycles. The first-order chi connectivity index (χ1) is 13.4. The van der Waals surface area contributed by atoms with Crippen LogP contribution < -0.4 is 10.6 Å². The summed E-state index contributed by atoms with van der Waals surface area (Å²) in [6.45, 7) is 0. The van der Waals surface area contributed by atoms with Crippen LogP contribution in [0.5, 0.6) is 0 Å². The van der Waals surface area contributed by atoms with Gasteiger partial charge in [-0.2, -0.15) is 0 Å². The maximum absolute atomic E-state index is 13.0. The van der Waals surface area contributed by atoms with Gasteiger partial charge in [-0.25, -0.2) is 9.18 Å². The number of benzene rings is 3. The Morgan fingerprint density at radius 3 is 2.14 bits per heavy atom. The monoisotopic (exact) mass is 378 g/mol. The molecule has 0 fully saturated rings. The Kier molecular flexibility index (Phi) is 5.45. The Hall–Kier alpha value is -4.00. The number of anilines is 2. The molecule has 0 unspecified atom stereocenters. The highest BCUT2D eigenvalue weighted by atomic mass is 19.1. The molecule has 3 aromatic carbocycles. The summed E-state index contributed by atoms with van der Waals surface area (Å²) in [4.78, 5) is 35.9. The lowest BCUT2D eigenvalue weighted by atomic mass is 10.1. The largest absolute Gasteiger partial charge is 0.478 e. The first-order valence-corrected chi connectivity index (χ1v) is 8.25. The summed E-state index contributed by atoms with van der Waals surface area (Å²) in [5.41, 5.74) is 1.01. The van der Waals surface area contributed by atoms with Crippen molar-refractivity contribution in [1.29, 1.82) is 0 Å². The van der Waals surface area contributed by atoms with Gasteiger partial charge in [-0.15, -0.1) is 0 Å². The van der Waals surface area contributed by atoms with Gasteiger partial charge < -0.3 is 15.7 Å². The maximum Gasteiger partial charge on any atom is 0.337 e. The van der Waals surface area contributed by atoms with E-state index in [0.29, 0.717) is 5.69 Å². The average Bonchev–Trinajstić information content (AvgIpc) is 2.69. The highest BCUT2D eigenvalue weighted by Crippen LogP contribution is 2.18. The van der Waals surface area contributed by atoms with Crippen LogP contribution in [-0.2, 0) is 0 Å². The van der Waals surface area contributed by atoms with Crippen LogP contribution in [0.3, 0.4) is 0 Å². The third-order valence-corrected chi connectivity index (χ3v) is 3.89. The molecule has 0 bridgehead atoms. The Balaban J connectivity index is 1.76. The summed E-state index contributed by atoms with van der Waals surface area (Å²) < 4.78 is 13.0. The van der Waals surface area contributed by atoms with E-state index in [1.807, 2.05) is 0 Å². The van der Waals surface area contributed by atoms with Crippen molar-refractivity contribution in [1.82, 2.24) is 0 Å². The van der Waals surface area contributed by atoms with E-state index >= 15 is 0 Å². The van der Waals surface area contributed by atoms with E-state index in [4.69, 9.17) is 0 Å². The molecule has 2 amide bonds. The number of amides is 2. The lowest BCUT2D eigenvalue weighted by molar-refractivity contribution is 0.0697. The Labute approximate surface area is 159 Å². The summed E-state index contributed by atoms with van der Waals surface area (Å²) in [6, 6.07) is 17.3. The lowest BCUT2D eigenvalue weighted by Gasteiger charge is -2.10. The highest BCUT2D eigenvalue weighted by molar-refractivity contribution is 6.09. The second-order valence-electron chi connectivity index (χ2n) is 5.85. The predicted molar refractivity (Wildman–Crippen MR) is 102 cm³/mol. The van der Waals surface area contributed by atoms with E-state index in [0.717, 1.165) is 0 Å². The Morgan fingerprint density at radius 2 is 1.43 bits per heavy atom. The molecule has 0 aliphatic carbocycles. The molecule has 7 heteroatoms. The van der Waals surface area contributed by atoms with Crippen molar-refractivity contribution in [2.75, 3.05) is 10.6 Å². The minimum atomic E-state index is -1.16. The molecule has 0 saturated heterocycles. The number of rotatable bonds is 5. The van der Waals surface area contributed by atoms with Gasteiger partial charge in [0.05, 0.1) is 11.3 Å². The molecule has 0 atom stereocenters. The van der Waals surface area contributed by atoms with Crippen LogP contribution in [0.2, 0.25) is 0 Å². The van der Waals surface area contributed by atoms with E-state index < -0.39 is 23.6 Å². The quantitative estimate of drug-likeness (QED) is 0.625. The van der Waals surface area contributed by atoms with Crippen LogP contribution in [0.15, 0.2) is 72.8 Å². The molecule has 3 aromatic rings. The van der Waals surface area contributed by atoms with Crippen LogP contribution >= 0.6 is 0 Å². The Morgan fingerprint density at radius 1 is 0.750 bits per heavy atom. The number of aromatic carboxylic acids is 1. The number of halogens is 1. The van der Waals surface area contributed by atoms with E-state index in [9.17, 15) is 23.9 Å². The zero-order valence-corrected chi connectivity index (χ0v) is 14.5. The van der Waals surface area contributed by atoms with E-state index in [1.54, 1.807) is 24.3 Å². The van der Waals surface area contributed by atoms with E-state index in [2.05, 4.69) is 10.6 Å². The van der Waals surface area contributed by atoms with Gasteiger partial charge in [0.1, 0.15) is 5.82 Å². The van der Waals surface area contributed by atoms with E-state index in [-0.39, 0.29) is 22.4 Å². The number of carbonyl (C=O) groups is 3. The normalized spacial score (nSPS) is 10.2. The van der Waals surface area contributed by atoms with Crippen molar-refractivity contribution in [3.63, 3.8) is 0 Å². The van der Waals surface area contributed by atoms with Gasteiger partial charge in [-0.1, -0.05) is 18.2 Å². The summed E-state index contributed by atoms with van der Waals surface area (Å²) in [5.74, 6) is -2.58. The second-order valence-corrected chi connectivity index (χ2v) is 5.85. The van der Waals surface area contributed by atoms with Gasteiger partial charge in [0.25, 0.3) is 11.8 Å². The zero-order valence-electron chi connectivity index (χ0n) is 14.5. The summed E-state index contributed by atoms with van der Waals surface area (Å²) in [5, 5.41) is 14.4. The predicted octanol–water partition coefficient (Wildman–Crippen LogP) is 4.03. The smallest absolute Gasteiger partial charge is 0.337 e. The van der Waals surface area contributed by atoms with Gasteiger partial charge >= 0.3 is 5.97 Å². The van der Waals surface area contributed by atoms with Crippen molar-refractivity contribution in [3.8, 4) is 0 Å². The van der Waals surface area contributed by atoms with Crippen LogP contribution in [0.4, 0.5) is 15.8 Å². The molecular weight excluding hydrogens is 363 g/mol. The fourth-order valence-electron chi connectivity index (χ4n) is 2.52. The van der Waals surface area contributed by atoms with Crippen LogP contribution in [-0.4, -0.2) is 22.9 Å². The third kappa shape index (κ3) is 4.39. The number of hydrogen-bond donors (Lipinski definition) is 3. The topological polar surface area (TPSA) is 95.5 Å². The first-order valence-electron chi connectivity index (χ1n) is 8.25. The SMILES string of the molecule is O=C(Nc1cccc(C(=O)Nc2ccccc2C(=O)O)c1)c1ccc(F)cc1. The molecular formula is C21H15FN2O4. The number of hydrogen-bond acceptors (Lipinski definition) is 3. The Bertz CT molecular complexity index is 1050. The molecule has 0 saturated carbocycles. The molecule has 3 rings (SSSR count). The van der Waals surface area contributed by atoms with Gasteiger partial charge in [0.2, 0.25) is 0 Å². The molecule has 0 aliphatic rings. The third-order valence-electron chi connectivity index (χ3n) is 3.89. The molecule has 140 valence electrons. The van der Waals surface area contributed by atoms with Crippen molar-refractivity contribution in [2.24, 2.45) is 0 Å². The fraction of sp³-hybridized carbons (Fsp3) is 0. The van der Waals surface area contributed by atoms with Gasteiger partial charge in [0.15, 0.2) is 0 Å². The van der Waals surface area contributed by atoms with Gasteiger partial charge in [-0.05, 0) is 54.6 Å². The molecule has 0 aliphatic heterocycles. The molecule has 0 radical (unpaired) electrons. The standard InChI is InChI=1S/C21H15FN2O4/c22-15-10-8-13(9-11-15)19(25)23-16-5-3-4-14(12-16)20(26)24-18-7-2-1-6-17(18)21(27)28/h1-12H,(H,23,25)(H,24,26)(H,27,28). The highest BCUT2D eigenvalue weighted by Gasteiger charge is 2.14. The minimum Gasteiger partial charge on any atom is -0.478 e. The van der Waals surface area contributed by atoms with Crippen molar-refractivity contribution in [2.45, 2.75) is 0 Å².